The van der Waals surface area contributed by atoms with E-state index in [4.69, 9.17) is 4.99 Å². The fourth-order valence-electron chi connectivity index (χ4n) is 4.38. The van der Waals surface area contributed by atoms with E-state index in [2.05, 4.69) is 93.8 Å². The first-order chi connectivity index (χ1) is 16.1. The second-order valence-corrected chi connectivity index (χ2v) is 9.05. The Labute approximate surface area is 208 Å². The predicted molar refractivity (Wildman–Crippen MR) is 147 cm³/mol. The van der Waals surface area contributed by atoms with Crippen molar-refractivity contribution < 1.29 is 5.11 Å². The lowest BCUT2D eigenvalue weighted by atomic mass is 9.85. The predicted octanol–water partition coefficient (Wildman–Crippen LogP) is 4.08. The molecule has 4 atom stereocenters. The number of hydrogen-bond acceptors (Lipinski definition) is 5. The highest BCUT2D eigenvalue weighted by Gasteiger charge is 2.26. The van der Waals surface area contributed by atoms with E-state index in [0.29, 0.717) is 12.5 Å². The normalized spacial score (nSPS) is 21.0. The van der Waals surface area contributed by atoms with Crippen LogP contribution in [0.2, 0.25) is 0 Å². The van der Waals surface area contributed by atoms with Crippen LogP contribution < -0.4 is 5.32 Å². The average Bonchev–Trinajstić information content (AvgIpc) is 3.08. The topological polar surface area (TPSA) is 66.7 Å². The highest BCUT2D eigenvalue weighted by atomic mass is 16.3. The molecule has 0 fully saturated rings. The number of hydrazine groups is 1. The zero-order valence-corrected chi connectivity index (χ0v) is 22.9. The number of nitrogens with one attached hydrogen (secondary N) is 1. The lowest BCUT2D eigenvalue weighted by Crippen LogP contribution is -2.39. The molecule has 0 aromatic carbocycles. The minimum absolute atomic E-state index is 0.0607. The van der Waals surface area contributed by atoms with Gasteiger partial charge in [0.1, 0.15) is 11.7 Å². The van der Waals surface area contributed by atoms with Crippen LogP contribution in [0.3, 0.4) is 0 Å². The zero-order valence-electron chi connectivity index (χ0n) is 22.9. The van der Waals surface area contributed by atoms with Crippen molar-refractivity contribution in [3.63, 3.8) is 0 Å². The fourth-order valence-corrected chi connectivity index (χ4v) is 4.38. The number of hydrogen-bond donors (Lipinski definition) is 2. The molecule has 7 nitrogen and oxygen atoms in total. The Morgan fingerprint density at radius 3 is 2.50 bits per heavy atom. The van der Waals surface area contributed by atoms with Crippen LogP contribution in [0.25, 0.3) is 0 Å². The first kappa shape index (κ1) is 29.7. The molecule has 0 spiro atoms. The monoisotopic (exact) mass is 472 g/mol. The largest absolute Gasteiger partial charge is 0.395 e. The molecule has 0 saturated carbocycles. The summed E-state index contributed by atoms with van der Waals surface area (Å²) in [5.41, 5.74) is 2.61. The number of aliphatic imine (C=N–C) groups is 2. The number of aliphatic hydroxyl groups excluding tert-OH is 1. The number of aliphatic hydroxyl groups is 1. The van der Waals surface area contributed by atoms with Gasteiger partial charge in [-0.05, 0) is 38.7 Å². The highest BCUT2D eigenvalue weighted by Crippen LogP contribution is 2.26. The Morgan fingerprint density at radius 1 is 1.29 bits per heavy atom. The standard InChI is InChI=1S/C27H48N6O/c1-11-23(12-2)17-25-18-26(33(10)32(25)9)30-19-29-20(4)16-24(13-3)21(5)22(6)27(28-7)31(8)14-15-34/h11-12,16,18-22,25,34H,1,13-15,17H2,2-10H3,(H,29,30)/b23-12+,24-16-,28-27?. The van der Waals surface area contributed by atoms with Gasteiger partial charge in [0.25, 0.3) is 0 Å². The molecule has 0 amide bonds. The van der Waals surface area contributed by atoms with Gasteiger partial charge in [-0.2, -0.15) is 0 Å². The molecule has 4 unspecified atom stereocenters. The van der Waals surface area contributed by atoms with Crippen LogP contribution in [0.15, 0.2) is 57.8 Å². The van der Waals surface area contributed by atoms with Gasteiger partial charge >= 0.3 is 0 Å². The second kappa shape index (κ2) is 14.8. The van der Waals surface area contributed by atoms with Gasteiger partial charge < -0.3 is 15.3 Å². The van der Waals surface area contributed by atoms with Gasteiger partial charge in [-0.15, -0.1) is 0 Å². The summed E-state index contributed by atoms with van der Waals surface area (Å²) in [6.45, 7) is 15.4. The van der Waals surface area contributed by atoms with Crippen molar-refractivity contribution in [2.45, 2.75) is 59.5 Å². The van der Waals surface area contributed by atoms with Crippen LogP contribution >= 0.6 is 0 Å². The van der Waals surface area contributed by atoms with Gasteiger partial charge in [0.15, 0.2) is 0 Å². The molecule has 0 aromatic rings. The van der Waals surface area contributed by atoms with Gasteiger partial charge in [-0.3, -0.25) is 15.0 Å². The maximum Gasteiger partial charge on any atom is 0.118 e. The molecular formula is C27H48N6O. The van der Waals surface area contributed by atoms with Gasteiger partial charge in [0, 0.05) is 40.7 Å². The minimum Gasteiger partial charge on any atom is -0.395 e. The minimum atomic E-state index is 0.0607. The third-order valence-corrected chi connectivity index (χ3v) is 6.91. The van der Waals surface area contributed by atoms with E-state index >= 15 is 0 Å². The SMILES string of the molecule is C=C/C(=C\C)CC1C=C(NC=NC(C)/C=C(/CC)C(C)C(C)C(=NC)N(C)CCO)N(C)N1C. The number of rotatable bonds is 13. The van der Waals surface area contributed by atoms with E-state index < -0.39 is 0 Å². The van der Waals surface area contributed by atoms with Gasteiger partial charge in [-0.25, -0.2) is 5.01 Å². The Balaban J connectivity index is 2.85. The average molecular weight is 473 g/mol. The van der Waals surface area contributed by atoms with Crippen molar-refractivity contribution in [1.82, 2.24) is 20.2 Å². The fraction of sp³-hybridized carbons (Fsp3) is 0.630. The number of allylic oxidation sites excluding steroid dienone is 3. The molecule has 0 aliphatic carbocycles. The second-order valence-electron chi connectivity index (χ2n) is 9.05. The maximum atomic E-state index is 9.30. The molecule has 1 aliphatic heterocycles. The van der Waals surface area contributed by atoms with Crippen molar-refractivity contribution in [1.29, 1.82) is 0 Å². The molecule has 1 rings (SSSR count). The van der Waals surface area contributed by atoms with Crippen LogP contribution in [0.1, 0.15) is 47.5 Å². The van der Waals surface area contributed by atoms with E-state index in [-0.39, 0.29) is 24.6 Å². The van der Waals surface area contributed by atoms with Gasteiger partial charge in [0.05, 0.1) is 25.0 Å². The molecule has 0 saturated heterocycles. The van der Waals surface area contributed by atoms with Crippen LogP contribution in [0, 0.1) is 11.8 Å². The summed E-state index contributed by atoms with van der Waals surface area (Å²) in [4.78, 5) is 11.3. The summed E-state index contributed by atoms with van der Waals surface area (Å²) < 4.78 is 0. The van der Waals surface area contributed by atoms with Crippen molar-refractivity contribution in [2.75, 3.05) is 41.3 Å². The highest BCUT2D eigenvalue weighted by molar-refractivity contribution is 5.84. The number of likely N-dealkylation sites (N-methyl/N-ethyl adjacent to an activating group) is 2. The van der Waals surface area contributed by atoms with E-state index in [1.807, 2.05) is 25.1 Å². The van der Waals surface area contributed by atoms with E-state index in [9.17, 15) is 5.11 Å². The zero-order chi connectivity index (χ0) is 25.8. The molecule has 2 N–H and O–H groups in total. The quantitative estimate of drug-likeness (QED) is 0.183. The molecule has 0 bridgehead atoms. The number of amidine groups is 1. The third-order valence-electron chi connectivity index (χ3n) is 6.91. The summed E-state index contributed by atoms with van der Waals surface area (Å²) in [6.07, 6.45) is 12.2. The Bertz CT molecular complexity index is 797. The molecule has 1 aliphatic rings. The Kier molecular flexibility index (Phi) is 12.9. The Morgan fingerprint density at radius 2 is 1.97 bits per heavy atom. The molecule has 0 aromatic heterocycles. The lowest BCUT2D eigenvalue weighted by Gasteiger charge is -2.30. The molecule has 1 heterocycles. The summed E-state index contributed by atoms with van der Waals surface area (Å²) in [6, 6.07) is 0.348. The molecule has 34 heavy (non-hydrogen) atoms. The lowest BCUT2D eigenvalue weighted by molar-refractivity contribution is 0.0592. The summed E-state index contributed by atoms with van der Waals surface area (Å²) in [5, 5.41) is 17.0. The van der Waals surface area contributed by atoms with E-state index in [0.717, 1.165) is 24.5 Å². The van der Waals surface area contributed by atoms with Crippen molar-refractivity contribution >= 4 is 12.2 Å². The third kappa shape index (κ3) is 8.13. The van der Waals surface area contributed by atoms with Gasteiger partial charge in [-0.1, -0.05) is 56.7 Å². The first-order valence-corrected chi connectivity index (χ1v) is 12.4. The molecular weight excluding hydrogens is 424 g/mol. The van der Waals surface area contributed by atoms with Crippen LogP contribution in [-0.2, 0) is 0 Å². The molecule has 7 heteroatoms. The summed E-state index contributed by atoms with van der Waals surface area (Å²) >= 11 is 0. The van der Waals surface area contributed by atoms with Crippen molar-refractivity contribution in [3.05, 3.63) is 47.9 Å². The summed E-state index contributed by atoms with van der Waals surface area (Å²) in [5.74, 6) is 2.63. The van der Waals surface area contributed by atoms with Gasteiger partial charge in [0.2, 0.25) is 0 Å². The van der Waals surface area contributed by atoms with Crippen LogP contribution in [-0.4, -0.2) is 85.6 Å². The number of nitrogens with zero attached hydrogens (tertiary/aromatic N) is 5. The van der Waals surface area contributed by atoms with E-state index in [1.54, 1.807) is 6.34 Å². The molecule has 0 radical (unpaired) electrons. The van der Waals surface area contributed by atoms with Crippen molar-refractivity contribution in [2.24, 2.45) is 21.8 Å². The maximum absolute atomic E-state index is 9.30. The van der Waals surface area contributed by atoms with E-state index in [1.165, 1.54) is 11.1 Å². The Hall–Kier alpha value is -2.38. The van der Waals surface area contributed by atoms with Crippen LogP contribution in [0.5, 0.6) is 0 Å². The molecule has 192 valence electrons. The summed E-state index contributed by atoms with van der Waals surface area (Å²) in [7, 11) is 7.96. The van der Waals surface area contributed by atoms with Crippen LogP contribution in [0.4, 0.5) is 0 Å². The smallest absolute Gasteiger partial charge is 0.118 e. The van der Waals surface area contributed by atoms with Crippen molar-refractivity contribution in [3.8, 4) is 0 Å². The first-order valence-electron chi connectivity index (χ1n) is 12.4.